The topological polar surface area (TPSA) is 68.5 Å². The van der Waals surface area contributed by atoms with E-state index in [9.17, 15) is 4.79 Å². The summed E-state index contributed by atoms with van der Waals surface area (Å²) in [5.41, 5.74) is 4.75. The van der Waals surface area contributed by atoms with Crippen molar-refractivity contribution in [1.82, 2.24) is 15.2 Å². The molecule has 0 aliphatic heterocycles. The molecule has 0 fully saturated rings. The van der Waals surface area contributed by atoms with Crippen LogP contribution in [0.4, 0.5) is 4.79 Å². The van der Waals surface area contributed by atoms with Crippen LogP contribution >= 0.6 is 11.6 Å². The normalized spacial score (nSPS) is 10.9. The fraction of sp³-hybridized carbons (Fsp3) is 0.267. The summed E-state index contributed by atoms with van der Waals surface area (Å²) >= 11 is 6.32. The highest BCUT2D eigenvalue weighted by Crippen LogP contribution is 2.19. The van der Waals surface area contributed by atoms with Crippen LogP contribution in [0.5, 0.6) is 0 Å². The van der Waals surface area contributed by atoms with Crippen molar-refractivity contribution in [2.24, 2.45) is 5.10 Å². The molecular formula is C15H17ClN4O2. The first-order chi connectivity index (χ1) is 10.6. The number of halogens is 1. The highest BCUT2D eigenvalue weighted by atomic mass is 35.5. The quantitative estimate of drug-likeness (QED) is 0.680. The van der Waals surface area contributed by atoms with E-state index < -0.39 is 6.09 Å². The van der Waals surface area contributed by atoms with E-state index in [0.717, 1.165) is 11.3 Å². The van der Waals surface area contributed by atoms with Crippen molar-refractivity contribution in [1.29, 1.82) is 0 Å². The predicted octanol–water partition coefficient (Wildman–Crippen LogP) is 2.97. The molecule has 0 aliphatic rings. The number of ether oxygens (including phenoxy) is 1. The molecule has 0 unspecified atom stereocenters. The van der Waals surface area contributed by atoms with Crippen LogP contribution in [0.25, 0.3) is 0 Å². The largest absolute Gasteiger partial charge is 0.449 e. The number of hydrazone groups is 1. The lowest BCUT2D eigenvalue weighted by atomic mass is 10.2. The number of carbonyl (C=O) groups excluding carboxylic acids is 1. The van der Waals surface area contributed by atoms with Crippen LogP contribution in [-0.4, -0.2) is 28.7 Å². The minimum atomic E-state index is -0.607. The molecule has 116 valence electrons. The van der Waals surface area contributed by atoms with Crippen molar-refractivity contribution < 1.29 is 9.53 Å². The lowest BCUT2D eigenvalue weighted by Crippen LogP contribution is -2.18. The minimum Gasteiger partial charge on any atom is -0.449 e. The highest BCUT2D eigenvalue weighted by molar-refractivity contribution is 6.32. The molecule has 7 heteroatoms. The van der Waals surface area contributed by atoms with Gasteiger partial charge in [0, 0.05) is 0 Å². The van der Waals surface area contributed by atoms with Gasteiger partial charge in [0.2, 0.25) is 0 Å². The smallest absolute Gasteiger partial charge is 0.427 e. The summed E-state index contributed by atoms with van der Waals surface area (Å²) < 4.78 is 6.40. The Labute approximate surface area is 133 Å². The number of aromatic nitrogens is 2. The zero-order chi connectivity index (χ0) is 15.9. The van der Waals surface area contributed by atoms with Crippen LogP contribution in [0.1, 0.15) is 23.7 Å². The van der Waals surface area contributed by atoms with E-state index in [1.54, 1.807) is 11.6 Å². The number of nitrogens with zero attached hydrogens (tertiary/aromatic N) is 3. The van der Waals surface area contributed by atoms with Crippen molar-refractivity contribution >= 4 is 23.9 Å². The summed E-state index contributed by atoms with van der Waals surface area (Å²) in [4.78, 5) is 11.1. The molecule has 0 aliphatic carbocycles. The van der Waals surface area contributed by atoms with Crippen molar-refractivity contribution in [3.8, 4) is 0 Å². The number of nitrogens with one attached hydrogen (secondary N) is 1. The number of hydrogen-bond donors (Lipinski definition) is 1. The van der Waals surface area contributed by atoms with Gasteiger partial charge in [-0.3, -0.25) is 0 Å². The zero-order valence-corrected chi connectivity index (χ0v) is 13.2. The standard InChI is InChI=1S/C15H17ClN4O2/c1-3-22-15(21)18-17-9-13-11(2)19-20(14(13)16)10-12-7-5-4-6-8-12/h4-9H,3,10H2,1-2H3,(H,18,21). The van der Waals surface area contributed by atoms with Crippen LogP contribution in [0, 0.1) is 6.92 Å². The Morgan fingerprint density at radius 1 is 1.45 bits per heavy atom. The van der Waals surface area contributed by atoms with Crippen LogP contribution in [0.15, 0.2) is 35.4 Å². The first kappa shape index (κ1) is 16.0. The molecule has 1 amide bonds. The highest BCUT2D eigenvalue weighted by Gasteiger charge is 2.12. The summed E-state index contributed by atoms with van der Waals surface area (Å²) in [6, 6.07) is 9.89. The van der Waals surface area contributed by atoms with E-state index in [4.69, 9.17) is 16.3 Å². The van der Waals surface area contributed by atoms with Crippen molar-refractivity contribution in [2.75, 3.05) is 6.61 Å². The number of benzene rings is 1. The zero-order valence-electron chi connectivity index (χ0n) is 12.4. The molecule has 1 aromatic carbocycles. The Kier molecular flexibility index (Phi) is 5.55. The van der Waals surface area contributed by atoms with Crippen LogP contribution in [0.3, 0.4) is 0 Å². The molecule has 22 heavy (non-hydrogen) atoms. The van der Waals surface area contributed by atoms with E-state index in [0.29, 0.717) is 17.3 Å². The molecular weight excluding hydrogens is 304 g/mol. The van der Waals surface area contributed by atoms with Gasteiger partial charge in [0.15, 0.2) is 0 Å². The molecule has 0 saturated carbocycles. The van der Waals surface area contributed by atoms with Crippen molar-refractivity contribution in [3.63, 3.8) is 0 Å². The summed E-state index contributed by atoms with van der Waals surface area (Å²) in [6.07, 6.45) is 0.854. The average molecular weight is 321 g/mol. The fourth-order valence-corrected chi connectivity index (χ4v) is 2.17. The first-order valence-electron chi connectivity index (χ1n) is 6.84. The SMILES string of the molecule is CCOC(=O)NN=Cc1c(C)nn(Cc2ccccc2)c1Cl. The molecule has 1 N–H and O–H groups in total. The second-order valence-electron chi connectivity index (χ2n) is 4.52. The fourth-order valence-electron chi connectivity index (χ4n) is 1.89. The second kappa shape index (κ2) is 7.61. The van der Waals surface area contributed by atoms with Crippen LogP contribution in [-0.2, 0) is 11.3 Å². The number of amides is 1. The monoisotopic (exact) mass is 320 g/mol. The third-order valence-electron chi connectivity index (χ3n) is 2.91. The molecule has 1 heterocycles. The third-order valence-corrected chi connectivity index (χ3v) is 3.31. The Morgan fingerprint density at radius 2 is 2.18 bits per heavy atom. The Balaban J connectivity index is 2.10. The van der Waals surface area contributed by atoms with Gasteiger partial charge in [-0.15, -0.1) is 0 Å². The molecule has 2 aromatic rings. The molecule has 0 bridgehead atoms. The Hall–Kier alpha value is -2.34. The van der Waals surface area contributed by atoms with Gasteiger partial charge in [0.1, 0.15) is 5.15 Å². The third kappa shape index (κ3) is 4.08. The maximum absolute atomic E-state index is 11.1. The van der Waals surface area contributed by atoms with Crippen molar-refractivity contribution in [3.05, 3.63) is 52.3 Å². The number of carbonyl (C=O) groups is 1. The maximum atomic E-state index is 11.1. The van der Waals surface area contributed by atoms with Gasteiger partial charge in [0.25, 0.3) is 0 Å². The van der Waals surface area contributed by atoms with Gasteiger partial charge in [0.05, 0.1) is 30.6 Å². The van der Waals surface area contributed by atoms with Gasteiger partial charge >= 0.3 is 6.09 Å². The Morgan fingerprint density at radius 3 is 2.86 bits per heavy atom. The molecule has 6 nitrogen and oxygen atoms in total. The summed E-state index contributed by atoms with van der Waals surface area (Å²) in [6.45, 7) is 4.41. The van der Waals surface area contributed by atoms with E-state index in [1.807, 2.05) is 37.3 Å². The second-order valence-corrected chi connectivity index (χ2v) is 4.88. The van der Waals surface area contributed by atoms with Crippen LogP contribution in [0.2, 0.25) is 5.15 Å². The molecule has 0 saturated heterocycles. The van der Waals surface area contributed by atoms with Gasteiger partial charge < -0.3 is 4.74 Å². The number of rotatable bonds is 5. The van der Waals surface area contributed by atoms with E-state index in [2.05, 4.69) is 15.6 Å². The maximum Gasteiger partial charge on any atom is 0.427 e. The van der Waals surface area contributed by atoms with Gasteiger partial charge in [-0.2, -0.15) is 10.2 Å². The molecule has 0 radical (unpaired) electrons. The van der Waals surface area contributed by atoms with Gasteiger partial charge in [-0.1, -0.05) is 41.9 Å². The lowest BCUT2D eigenvalue weighted by Gasteiger charge is -2.03. The molecule has 2 rings (SSSR count). The van der Waals surface area contributed by atoms with E-state index in [1.165, 1.54) is 6.21 Å². The summed E-state index contributed by atoms with van der Waals surface area (Å²) in [5, 5.41) is 8.67. The van der Waals surface area contributed by atoms with Crippen molar-refractivity contribution in [2.45, 2.75) is 20.4 Å². The number of hydrogen-bond acceptors (Lipinski definition) is 4. The molecule has 0 spiro atoms. The van der Waals surface area contributed by atoms with E-state index in [-0.39, 0.29) is 6.61 Å². The average Bonchev–Trinajstić information content (AvgIpc) is 2.76. The molecule has 1 aromatic heterocycles. The molecule has 0 atom stereocenters. The first-order valence-corrected chi connectivity index (χ1v) is 7.22. The number of aryl methyl sites for hydroxylation is 1. The lowest BCUT2D eigenvalue weighted by molar-refractivity contribution is 0.152. The summed E-state index contributed by atoms with van der Waals surface area (Å²) in [7, 11) is 0. The summed E-state index contributed by atoms with van der Waals surface area (Å²) in [5.74, 6) is 0. The Bertz CT molecular complexity index is 668. The van der Waals surface area contributed by atoms with Gasteiger partial charge in [-0.05, 0) is 19.4 Å². The van der Waals surface area contributed by atoms with Gasteiger partial charge in [-0.25, -0.2) is 14.9 Å². The predicted molar refractivity (Wildman–Crippen MR) is 85.3 cm³/mol. The van der Waals surface area contributed by atoms with E-state index >= 15 is 0 Å². The minimum absolute atomic E-state index is 0.288. The van der Waals surface area contributed by atoms with Crippen LogP contribution < -0.4 is 5.43 Å².